The van der Waals surface area contributed by atoms with Gasteiger partial charge in [0.15, 0.2) is 0 Å². The van der Waals surface area contributed by atoms with Crippen molar-refractivity contribution in [3.63, 3.8) is 0 Å². The van der Waals surface area contributed by atoms with Crippen LogP contribution in [0.3, 0.4) is 0 Å². The van der Waals surface area contributed by atoms with Crippen LogP contribution in [0.2, 0.25) is 0 Å². The van der Waals surface area contributed by atoms with Crippen molar-refractivity contribution in [1.82, 2.24) is 10.6 Å². The fraction of sp³-hybridized carbons (Fsp3) is 0.929. The van der Waals surface area contributed by atoms with E-state index < -0.39 is 6.10 Å². The van der Waals surface area contributed by atoms with Gasteiger partial charge in [-0.25, -0.2) is 4.79 Å². The Bertz CT molecular complexity index is 256. The highest BCUT2D eigenvalue weighted by Crippen LogP contribution is 2.23. The normalized spacial score (nSPS) is 25.8. The molecule has 3 unspecified atom stereocenters. The molecule has 0 aromatic carbocycles. The van der Waals surface area contributed by atoms with Gasteiger partial charge in [0, 0.05) is 12.6 Å². The van der Waals surface area contributed by atoms with Crippen molar-refractivity contribution in [2.45, 2.75) is 65.0 Å². The number of aliphatic hydroxyl groups is 1. The summed E-state index contributed by atoms with van der Waals surface area (Å²) in [6.45, 7) is 6.66. The highest BCUT2D eigenvalue weighted by Gasteiger charge is 2.22. The molecule has 106 valence electrons. The molecule has 0 bridgehead atoms. The predicted molar refractivity (Wildman–Crippen MR) is 73.4 cm³/mol. The summed E-state index contributed by atoms with van der Waals surface area (Å²) < 4.78 is 0. The number of carbonyl (C=O) groups excluding carboxylic acids is 1. The Morgan fingerprint density at radius 3 is 2.61 bits per heavy atom. The van der Waals surface area contributed by atoms with E-state index in [1.165, 1.54) is 19.3 Å². The minimum absolute atomic E-state index is 0.142. The van der Waals surface area contributed by atoms with Crippen LogP contribution in [-0.2, 0) is 0 Å². The third-order valence-electron chi connectivity index (χ3n) is 3.67. The maximum atomic E-state index is 11.7. The number of rotatable bonds is 5. The zero-order chi connectivity index (χ0) is 13.5. The van der Waals surface area contributed by atoms with Crippen LogP contribution in [0.5, 0.6) is 0 Å². The summed E-state index contributed by atoms with van der Waals surface area (Å²) in [6.07, 6.45) is 5.02. The Balaban J connectivity index is 2.20. The van der Waals surface area contributed by atoms with Crippen molar-refractivity contribution in [1.29, 1.82) is 0 Å². The number of carbonyl (C=O) groups is 1. The zero-order valence-corrected chi connectivity index (χ0v) is 11.9. The van der Waals surface area contributed by atoms with Crippen LogP contribution >= 0.6 is 0 Å². The maximum Gasteiger partial charge on any atom is 0.315 e. The molecule has 1 aliphatic carbocycles. The summed E-state index contributed by atoms with van der Waals surface area (Å²) in [7, 11) is 0. The van der Waals surface area contributed by atoms with E-state index in [0.29, 0.717) is 24.4 Å². The van der Waals surface area contributed by atoms with Crippen LogP contribution in [0.1, 0.15) is 52.9 Å². The van der Waals surface area contributed by atoms with Gasteiger partial charge in [-0.05, 0) is 31.1 Å². The fourth-order valence-electron chi connectivity index (χ4n) is 2.59. The molecule has 3 atom stereocenters. The van der Waals surface area contributed by atoms with E-state index in [-0.39, 0.29) is 6.03 Å². The van der Waals surface area contributed by atoms with E-state index in [0.717, 1.165) is 12.8 Å². The molecule has 0 radical (unpaired) electrons. The molecule has 0 heterocycles. The third-order valence-corrected chi connectivity index (χ3v) is 3.67. The van der Waals surface area contributed by atoms with Gasteiger partial charge in [-0.15, -0.1) is 0 Å². The van der Waals surface area contributed by atoms with Gasteiger partial charge in [0.1, 0.15) is 0 Å². The lowest BCUT2D eigenvalue weighted by atomic mass is 9.86. The first-order chi connectivity index (χ1) is 8.49. The second-order valence-corrected chi connectivity index (χ2v) is 6.01. The van der Waals surface area contributed by atoms with Gasteiger partial charge < -0.3 is 15.7 Å². The van der Waals surface area contributed by atoms with Gasteiger partial charge in [-0.2, -0.15) is 0 Å². The standard InChI is InChI=1S/C14H28N2O2/c1-10(2)8-12(17)9-15-14(18)16-13-7-5-4-6-11(13)3/h10-13,17H,4-9H2,1-3H3,(H2,15,16,18). The molecule has 1 saturated carbocycles. The molecule has 2 amide bonds. The summed E-state index contributed by atoms with van der Waals surface area (Å²) in [5.41, 5.74) is 0. The summed E-state index contributed by atoms with van der Waals surface area (Å²) in [4.78, 5) is 11.7. The van der Waals surface area contributed by atoms with Gasteiger partial charge in [0.2, 0.25) is 0 Å². The van der Waals surface area contributed by atoms with E-state index in [1.807, 2.05) is 0 Å². The quantitative estimate of drug-likeness (QED) is 0.706. The Morgan fingerprint density at radius 1 is 1.33 bits per heavy atom. The number of hydrogen-bond donors (Lipinski definition) is 3. The maximum absolute atomic E-state index is 11.7. The zero-order valence-electron chi connectivity index (χ0n) is 11.9. The third kappa shape index (κ3) is 5.71. The van der Waals surface area contributed by atoms with E-state index in [4.69, 9.17) is 0 Å². The number of hydrogen-bond acceptors (Lipinski definition) is 2. The first-order valence-electron chi connectivity index (χ1n) is 7.21. The van der Waals surface area contributed by atoms with Crippen molar-refractivity contribution in [2.24, 2.45) is 11.8 Å². The number of urea groups is 1. The SMILES string of the molecule is CC(C)CC(O)CNC(=O)NC1CCCCC1C. The van der Waals surface area contributed by atoms with Gasteiger partial charge >= 0.3 is 6.03 Å². The Morgan fingerprint density at radius 2 is 2.00 bits per heavy atom. The summed E-state index contributed by atoms with van der Waals surface area (Å²) in [5, 5.41) is 15.5. The largest absolute Gasteiger partial charge is 0.391 e. The lowest BCUT2D eigenvalue weighted by Crippen LogP contribution is -2.47. The molecule has 1 aliphatic rings. The molecular formula is C14H28N2O2. The molecule has 18 heavy (non-hydrogen) atoms. The molecule has 3 N–H and O–H groups in total. The van der Waals surface area contributed by atoms with Crippen LogP contribution in [0.25, 0.3) is 0 Å². The van der Waals surface area contributed by atoms with Crippen LogP contribution in [0, 0.1) is 11.8 Å². The molecule has 0 aromatic heterocycles. The number of aliphatic hydroxyl groups excluding tert-OH is 1. The first kappa shape index (κ1) is 15.3. The monoisotopic (exact) mass is 256 g/mol. The first-order valence-corrected chi connectivity index (χ1v) is 7.21. The van der Waals surface area contributed by atoms with Crippen LogP contribution in [0.15, 0.2) is 0 Å². The van der Waals surface area contributed by atoms with Crippen molar-refractivity contribution >= 4 is 6.03 Å². The molecule has 0 spiro atoms. The van der Waals surface area contributed by atoms with Crippen molar-refractivity contribution < 1.29 is 9.90 Å². The van der Waals surface area contributed by atoms with E-state index >= 15 is 0 Å². The molecule has 1 rings (SSSR count). The predicted octanol–water partition coefficient (Wildman–Crippen LogP) is 2.27. The highest BCUT2D eigenvalue weighted by molar-refractivity contribution is 5.74. The van der Waals surface area contributed by atoms with E-state index in [1.54, 1.807) is 0 Å². The average molecular weight is 256 g/mol. The van der Waals surface area contributed by atoms with Crippen LogP contribution < -0.4 is 10.6 Å². The summed E-state index contributed by atoms with van der Waals surface area (Å²) in [6, 6.07) is 0.151. The molecule has 4 nitrogen and oxygen atoms in total. The Hall–Kier alpha value is -0.770. The topological polar surface area (TPSA) is 61.4 Å². The number of amides is 2. The van der Waals surface area contributed by atoms with Crippen LogP contribution in [-0.4, -0.2) is 29.8 Å². The lowest BCUT2D eigenvalue weighted by molar-refractivity contribution is 0.145. The van der Waals surface area contributed by atoms with Gasteiger partial charge in [-0.3, -0.25) is 0 Å². The second kappa shape index (κ2) is 7.62. The molecule has 0 saturated heterocycles. The molecule has 1 fully saturated rings. The number of nitrogens with one attached hydrogen (secondary N) is 2. The molecule has 0 aliphatic heterocycles. The van der Waals surface area contributed by atoms with Crippen molar-refractivity contribution in [3.05, 3.63) is 0 Å². The summed E-state index contributed by atoms with van der Waals surface area (Å²) in [5.74, 6) is 1.01. The highest BCUT2D eigenvalue weighted by atomic mass is 16.3. The average Bonchev–Trinajstić information content (AvgIpc) is 2.29. The molecule has 0 aromatic rings. The summed E-state index contributed by atoms with van der Waals surface area (Å²) >= 11 is 0. The lowest BCUT2D eigenvalue weighted by Gasteiger charge is -2.29. The Kier molecular flexibility index (Phi) is 6.47. The minimum atomic E-state index is -0.445. The smallest absolute Gasteiger partial charge is 0.315 e. The van der Waals surface area contributed by atoms with Gasteiger partial charge in [0.25, 0.3) is 0 Å². The van der Waals surface area contributed by atoms with Crippen molar-refractivity contribution in [3.8, 4) is 0 Å². The molecule has 4 heteroatoms. The van der Waals surface area contributed by atoms with E-state index in [9.17, 15) is 9.90 Å². The minimum Gasteiger partial charge on any atom is -0.391 e. The van der Waals surface area contributed by atoms with E-state index in [2.05, 4.69) is 31.4 Å². The van der Waals surface area contributed by atoms with Crippen LogP contribution in [0.4, 0.5) is 4.79 Å². The fourth-order valence-corrected chi connectivity index (χ4v) is 2.59. The van der Waals surface area contributed by atoms with Crippen molar-refractivity contribution in [2.75, 3.05) is 6.54 Å². The molecular weight excluding hydrogens is 228 g/mol. The van der Waals surface area contributed by atoms with Gasteiger partial charge in [0.05, 0.1) is 6.10 Å². The second-order valence-electron chi connectivity index (χ2n) is 6.01. The Labute approximate surface area is 111 Å². The van der Waals surface area contributed by atoms with Gasteiger partial charge in [-0.1, -0.05) is 33.6 Å².